The van der Waals surface area contributed by atoms with Crippen LogP contribution in [0.15, 0.2) is 79.9 Å². The highest BCUT2D eigenvalue weighted by Gasteiger charge is 2.76. The number of amides is 3. The zero-order valence-electron chi connectivity index (χ0n) is 24.5. The summed E-state index contributed by atoms with van der Waals surface area (Å²) in [6, 6.07) is 15.2. The summed E-state index contributed by atoms with van der Waals surface area (Å²) >= 11 is 5.44. The van der Waals surface area contributed by atoms with Gasteiger partial charge in [-0.2, -0.15) is 0 Å². The van der Waals surface area contributed by atoms with E-state index < -0.39 is 28.7 Å². The smallest absolute Gasteiger partial charge is 0.251 e. The lowest BCUT2D eigenvalue weighted by Crippen LogP contribution is -2.58. The minimum Gasteiger partial charge on any atom is -0.497 e. The summed E-state index contributed by atoms with van der Waals surface area (Å²) in [5.41, 5.74) is 1.38. The summed E-state index contributed by atoms with van der Waals surface area (Å²) in [4.78, 5) is 48.7. The van der Waals surface area contributed by atoms with Crippen LogP contribution in [0.4, 0.5) is 11.4 Å². The lowest BCUT2D eigenvalue weighted by atomic mass is 9.70. The third-order valence-corrected chi connectivity index (χ3v) is 12.1. The van der Waals surface area contributed by atoms with Crippen LogP contribution in [0.3, 0.4) is 0 Å². The van der Waals surface area contributed by atoms with Crippen LogP contribution in [0, 0.1) is 11.8 Å². The fraction of sp³-hybridized carbons (Fsp3) is 0.424. The second-order valence-electron chi connectivity index (χ2n) is 11.2. The fourth-order valence-corrected chi connectivity index (χ4v) is 10.6. The molecule has 2 aromatic carbocycles. The van der Waals surface area contributed by atoms with Crippen molar-refractivity contribution in [3.8, 4) is 5.75 Å². The Labute approximate surface area is 265 Å². The second-order valence-corrected chi connectivity index (χ2v) is 13.9. The number of methoxy groups -OCH3 is 1. The molecule has 2 aromatic rings. The third-order valence-electron chi connectivity index (χ3n) is 8.93. The van der Waals surface area contributed by atoms with Crippen LogP contribution < -0.4 is 14.5 Å². The van der Waals surface area contributed by atoms with Gasteiger partial charge >= 0.3 is 0 Å². The number of hydrogen-bond acceptors (Lipinski definition) is 6. The van der Waals surface area contributed by atoms with Gasteiger partial charge < -0.3 is 24.5 Å². The highest BCUT2D eigenvalue weighted by molar-refractivity contribution is 9.09. The highest BCUT2D eigenvalue weighted by Crippen LogP contribution is 2.68. The lowest BCUT2D eigenvalue weighted by Gasteiger charge is -2.40. The average Bonchev–Trinajstić information content (AvgIpc) is 3.62. The predicted octanol–water partition coefficient (Wildman–Crippen LogP) is 4.67. The number of rotatable bonds is 12. The maximum absolute atomic E-state index is 14.8. The van der Waals surface area contributed by atoms with Crippen molar-refractivity contribution in [2.45, 2.75) is 46.7 Å². The number of anilines is 2. The van der Waals surface area contributed by atoms with Crippen LogP contribution in [-0.4, -0.2) is 81.4 Å². The van der Waals surface area contributed by atoms with Crippen LogP contribution in [0.25, 0.3) is 0 Å². The van der Waals surface area contributed by atoms with Gasteiger partial charge in [-0.3, -0.25) is 14.4 Å². The summed E-state index contributed by atoms with van der Waals surface area (Å²) in [6.07, 6.45) is 4.36. The molecular formula is C33H38BrN3O5S. The van der Waals surface area contributed by atoms with Crippen LogP contribution in [0.5, 0.6) is 5.75 Å². The van der Waals surface area contributed by atoms with Gasteiger partial charge in [0.05, 0.1) is 36.3 Å². The Hall–Kier alpha value is -3.08. The van der Waals surface area contributed by atoms with Crippen LogP contribution in [0.1, 0.15) is 19.8 Å². The molecular weight excluding hydrogens is 630 g/mol. The van der Waals surface area contributed by atoms with Crippen molar-refractivity contribution in [1.29, 1.82) is 0 Å². The summed E-state index contributed by atoms with van der Waals surface area (Å²) in [5, 5.41) is 10.2. The maximum Gasteiger partial charge on any atom is 0.251 e. The van der Waals surface area contributed by atoms with E-state index in [0.717, 1.165) is 5.69 Å². The van der Waals surface area contributed by atoms with Gasteiger partial charge in [-0.1, -0.05) is 53.2 Å². The van der Waals surface area contributed by atoms with Gasteiger partial charge in [-0.05, 0) is 49.2 Å². The number of thioether (sulfide) groups is 1. The molecule has 3 aliphatic rings. The minimum absolute atomic E-state index is 0.0739. The molecule has 3 heterocycles. The molecule has 5 rings (SSSR count). The van der Waals surface area contributed by atoms with Crippen LogP contribution >= 0.6 is 27.7 Å². The first-order valence-electron chi connectivity index (χ1n) is 14.6. The minimum atomic E-state index is -0.874. The number of fused-ring (bicyclic) bond motifs is 1. The standard InChI is InChI=1S/C33H38BrN3O5S/c1-5-17-35(22-11-9-8-10-12-22)30(39)26-27-31(40)37(21(7-3)20-38)29(33(27)19-25(34)28(26)43-33)32(41)36(18-6-2)23-13-15-24(42-4)16-14-23/h5-6,8-16,21,25-29,38H,1-2,7,17-20H2,3-4H3/t21-,25?,26-,27-,28-,29?,33?/m0/s1. The molecule has 0 radical (unpaired) electrons. The molecule has 0 aromatic heterocycles. The molecule has 228 valence electrons. The molecule has 3 amide bonds. The van der Waals surface area contributed by atoms with Crippen LogP contribution in [0.2, 0.25) is 0 Å². The normalized spacial score (nSPS) is 27.9. The van der Waals surface area contributed by atoms with Crippen molar-refractivity contribution in [3.63, 3.8) is 0 Å². The van der Waals surface area contributed by atoms with Crippen molar-refractivity contribution in [3.05, 3.63) is 79.9 Å². The first-order chi connectivity index (χ1) is 20.8. The number of likely N-dealkylation sites (tertiary alicyclic amines) is 1. The molecule has 2 bridgehead atoms. The van der Waals surface area contributed by atoms with E-state index in [1.807, 2.05) is 49.4 Å². The number of aliphatic hydroxyl groups is 1. The number of halogens is 1. The van der Waals surface area contributed by atoms with Crippen molar-refractivity contribution in [1.82, 2.24) is 4.90 Å². The quantitative estimate of drug-likeness (QED) is 0.261. The Balaban J connectivity index is 1.61. The Morgan fingerprint density at radius 3 is 2.26 bits per heavy atom. The van der Waals surface area contributed by atoms with E-state index in [1.165, 1.54) is 0 Å². The third kappa shape index (κ3) is 5.21. The summed E-state index contributed by atoms with van der Waals surface area (Å²) in [6.45, 7) is 9.90. The van der Waals surface area contributed by atoms with Crippen LogP contribution in [-0.2, 0) is 14.4 Å². The van der Waals surface area contributed by atoms with Crippen molar-refractivity contribution < 1.29 is 24.2 Å². The fourth-order valence-electron chi connectivity index (χ4n) is 7.04. The second kappa shape index (κ2) is 12.9. The van der Waals surface area contributed by atoms with E-state index in [0.29, 0.717) is 30.8 Å². The van der Waals surface area contributed by atoms with Crippen molar-refractivity contribution in [2.24, 2.45) is 11.8 Å². The molecule has 3 fully saturated rings. The van der Waals surface area contributed by atoms with Gasteiger partial charge in [0.1, 0.15) is 11.8 Å². The molecule has 10 heteroatoms. The van der Waals surface area contributed by atoms with Gasteiger partial charge in [-0.15, -0.1) is 24.9 Å². The van der Waals surface area contributed by atoms with Gasteiger partial charge in [0.25, 0.3) is 5.91 Å². The Morgan fingerprint density at radius 1 is 1.09 bits per heavy atom. The molecule has 1 N–H and O–H groups in total. The highest BCUT2D eigenvalue weighted by atomic mass is 79.9. The summed E-state index contributed by atoms with van der Waals surface area (Å²) in [7, 11) is 1.58. The summed E-state index contributed by atoms with van der Waals surface area (Å²) < 4.78 is 4.47. The molecule has 43 heavy (non-hydrogen) atoms. The molecule has 7 atom stereocenters. The van der Waals surface area contributed by atoms with Gasteiger partial charge in [-0.25, -0.2) is 0 Å². The molecule has 3 aliphatic heterocycles. The predicted molar refractivity (Wildman–Crippen MR) is 175 cm³/mol. The number of aliphatic hydroxyl groups excluding tert-OH is 1. The lowest BCUT2D eigenvalue weighted by molar-refractivity contribution is -0.141. The number of hydrogen-bond donors (Lipinski definition) is 1. The summed E-state index contributed by atoms with van der Waals surface area (Å²) in [5.74, 6) is -1.35. The molecule has 0 saturated carbocycles. The number of nitrogens with zero attached hydrogens (tertiary/aromatic N) is 3. The maximum atomic E-state index is 14.8. The SMILES string of the molecule is C=CCN(C(=O)C1N([C@@H](CC)CO)C(=O)[C@@H]2[C@H](C(=O)N(CC=C)c3ccccc3)[C@H]3SC12CC3Br)c1ccc(OC)cc1. The number of ether oxygens (including phenoxy) is 1. The molecule has 8 nitrogen and oxygen atoms in total. The van der Waals surface area contributed by atoms with E-state index in [2.05, 4.69) is 29.1 Å². The molecule has 1 spiro atoms. The van der Waals surface area contributed by atoms with Gasteiger partial charge in [0, 0.05) is 34.5 Å². The number of para-hydroxylation sites is 1. The Kier molecular flexibility index (Phi) is 9.39. The number of benzene rings is 2. The largest absolute Gasteiger partial charge is 0.497 e. The molecule has 3 saturated heterocycles. The van der Waals surface area contributed by atoms with Crippen molar-refractivity contribution in [2.75, 3.05) is 36.6 Å². The number of alkyl halides is 1. The average molecular weight is 669 g/mol. The zero-order chi connectivity index (χ0) is 30.9. The van der Waals surface area contributed by atoms with Gasteiger partial charge in [0.2, 0.25) is 11.8 Å². The van der Waals surface area contributed by atoms with E-state index in [-0.39, 0.29) is 41.0 Å². The topological polar surface area (TPSA) is 90.4 Å². The monoisotopic (exact) mass is 667 g/mol. The van der Waals surface area contributed by atoms with E-state index >= 15 is 0 Å². The Morgan fingerprint density at radius 2 is 1.70 bits per heavy atom. The molecule has 3 unspecified atom stereocenters. The van der Waals surface area contributed by atoms with Crippen molar-refractivity contribution >= 4 is 56.8 Å². The molecule has 0 aliphatic carbocycles. The number of carbonyl (C=O) groups is 3. The van der Waals surface area contributed by atoms with Gasteiger partial charge in [0.15, 0.2) is 0 Å². The number of carbonyl (C=O) groups excluding carboxylic acids is 3. The zero-order valence-corrected chi connectivity index (χ0v) is 26.9. The first kappa shape index (κ1) is 31.3. The first-order valence-corrected chi connectivity index (χ1v) is 16.4. The Bertz CT molecular complexity index is 1370. The van der Waals surface area contributed by atoms with E-state index in [4.69, 9.17) is 4.74 Å². The van der Waals surface area contributed by atoms with E-state index in [9.17, 15) is 19.5 Å². The van der Waals surface area contributed by atoms with E-state index in [1.54, 1.807) is 57.9 Å².